The third-order valence-corrected chi connectivity index (χ3v) is 3.81. The molecule has 0 saturated carbocycles. The molecule has 4 nitrogen and oxygen atoms in total. The average Bonchev–Trinajstić information content (AvgIpc) is 2.83. The van der Waals surface area contributed by atoms with Crippen LogP contribution in [0.5, 0.6) is 0 Å². The van der Waals surface area contributed by atoms with E-state index in [1.807, 2.05) is 0 Å². The molecular formula is C14H16N2O2S. The predicted octanol–water partition coefficient (Wildman–Crippen LogP) is 3.32. The number of aromatic carboxylic acids is 1. The van der Waals surface area contributed by atoms with E-state index in [0.717, 1.165) is 6.42 Å². The lowest BCUT2D eigenvalue weighted by molar-refractivity contribution is 0.0696. The summed E-state index contributed by atoms with van der Waals surface area (Å²) in [6.45, 7) is 4.59. The monoisotopic (exact) mass is 276 g/mol. The Hall–Kier alpha value is -1.88. The molecule has 2 rings (SSSR count). The molecule has 2 heterocycles. The van der Waals surface area contributed by atoms with Gasteiger partial charge in [0.2, 0.25) is 0 Å². The van der Waals surface area contributed by atoms with E-state index in [-0.39, 0.29) is 5.56 Å². The van der Waals surface area contributed by atoms with Gasteiger partial charge in [-0.2, -0.15) is 0 Å². The smallest absolute Gasteiger partial charge is 0.335 e. The lowest BCUT2D eigenvalue weighted by Crippen LogP contribution is -2.05. The molecule has 2 N–H and O–H groups in total. The standard InChI is InChI=1S/C14H16N2O2S/c1-3-10-4-5-19-12(10)8-15-13-7-11(14(17)18)6-9(2)16-13/h4-7H,3,8H2,1-2H3,(H,15,16)(H,17,18). The van der Waals surface area contributed by atoms with Crippen LogP contribution in [-0.2, 0) is 13.0 Å². The third-order valence-electron chi connectivity index (χ3n) is 2.85. The van der Waals surface area contributed by atoms with Crippen LogP contribution in [0.4, 0.5) is 5.82 Å². The number of carboxylic acid groups (broad SMARTS) is 1. The normalized spacial score (nSPS) is 10.4. The lowest BCUT2D eigenvalue weighted by atomic mass is 10.2. The van der Waals surface area contributed by atoms with Crippen LogP contribution >= 0.6 is 11.3 Å². The number of rotatable bonds is 5. The van der Waals surface area contributed by atoms with Gasteiger partial charge in [0.15, 0.2) is 0 Å². The molecule has 0 saturated heterocycles. The van der Waals surface area contributed by atoms with Crippen molar-refractivity contribution in [2.24, 2.45) is 0 Å². The Bertz CT molecular complexity index is 593. The number of pyridine rings is 1. The highest BCUT2D eigenvalue weighted by Gasteiger charge is 2.07. The van der Waals surface area contributed by atoms with Crippen molar-refractivity contribution in [2.45, 2.75) is 26.8 Å². The van der Waals surface area contributed by atoms with Gasteiger partial charge in [-0.25, -0.2) is 9.78 Å². The second kappa shape index (κ2) is 5.84. The first-order valence-electron chi connectivity index (χ1n) is 6.11. The third kappa shape index (κ3) is 3.32. The molecule has 100 valence electrons. The molecule has 0 aliphatic rings. The molecule has 0 bridgehead atoms. The molecule has 0 atom stereocenters. The van der Waals surface area contributed by atoms with Gasteiger partial charge in [0.1, 0.15) is 5.82 Å². The van der Waals surface area contributed by atoms with E-state index in [0.29, 0.717) is 18.1 Å². The summed E-state index contributed by atoms with van der Waals surface area (Å²) in [6.07, 6.45) is 1.00. The number of nitrogens with zero attached hydrogens (tertiary/aromatic N) is 1. The highest BCUT2D eigenvalue weighted by Crippen LogP contribution is 2.19. The summed E-state index contributed by atoms with van der Waals surface area (Å²) in [4.78, 5) is 16.6. The first-order chi connectivity index (χ1) is 9.10. The number of hydrogen-bond donors (Lipinski definition) is 2. The average molecular weight is 276 g/mol. The Labute approximate surface area is 116 Å². The van der Waals surface area contributed by atoms with E-state index in [1.165, 1.54) is 10.4 Å². The Kier molecular flexibility index (Phi) is 4.16. The fraction of sp³-hybridized carbons (Fsp3) is 0.286. The fourth-order valence-electron chi connectivity index (χ4n) is 1.89. The molecule has 2 aromatic heterocycles. The van der Waals surface area contributed by atoms with E-state index in [9.17, 15) is 4.79 Å². The number of carbonyl (C=O) groups is 1. The van der Waals surface area contributed by atoms with E-state index >= 15 is 0 Å². The number of carboxylic acids is 1. The highest BCUT2D eigenvalue weighted by atomic mass is 32.1. The first-order valence-corrected chi connectivity index (χ1v) is 6.99. The number of hydrogen-bond acceptors (Lipinski definition) is 4. The van der Waals surface area contributed by atoms with Crippen molar-refractivity contribution in [3.63, 3.8) is 0 Å². The minimum absolute atomic E-state index is 0.261. The molecule has 5 heteroatoms. The van der Waals surface area contributed by atoms with Crippen LogP contribution in [0.2, 0.25) is 0 Å². The highest BCUT2D eigenvalue weighted by molar-refractivity contribution is 7.10. The van der Waals surface area contributed by atoms with Crippen LogP contribution < -0.4 is 5.32 Å². The van der Waals surface area contributed by atoms with Crippen LogP contribution in [0.25, 0.3) is 0 Å². The van der Waals surface area contributed by atoms with Crippen LogP contribution in [-0.4, -0.2) is 16.1 Å². The molecule has 19 heavy (non-hydrogen) atoms. The van der Waals surface area contributed by atoms with E-state index < -0.39 is 5.97 Å². The van der Waals surface area contributed by atoms with Crippen molar-refractivity contribution in [1.82, 2.24) is 4.98 Å². The summed E-state index contributed by atoms with van der Waals surface area (Å²) in [5.74, 6) is -0.327. The van der Waals surface area contributed by atoms with Gasteiger partial charge in [-0.3, -0.25) is 0 Å². The SMILES string of the molecule is CCc1ccsc1CNc1cc(C(=O)O)cc(C)n1. The summed E-state index contributed by atoms with van der Waals surface area (Å²) in [5, 5.41) is 14.3. The summed E-state index contributed by atoms with van der Waals surface area (Å²) >= 11 is 1.70. The molecule has 0 amide bonds. The Balaban J connectivity index is 2.13. The van der Waals surface area contributed by atoms with Crippen molar-refractivity contribution >= 4 is 23.1 Å². The topological polar surface area (TPSA) is 62.2 Å². The maximum atomic E-state index is 11.0. The zero-order chi connectivity index (χ0) is 13.8. The fourth-order valence-corrected chi connectivity index (χ4v) is 2.81. The van der Waals surface area contributed by atoms with Gasteiger partial charge >= 0.3 is 5.97 Å². The van der Waals surface area contributed by atoms with Crippen molar-refractivity contribution in [1.29, 1.82) is 0 Å². The first kappa shape index (κ1) is 13.5. The van der Waals surface area contributed by atoms with Crippen molar-refractivity contribution in [2.75, 3.05) is 5.32 Å². The largest absolute Gasteiger partial charge is 0.478 e. The van der Waals surface area contributed by atoms with Crippen LogP contribution in [0.3, 0.4) is 0 Å². The zero-order valence-corrected chi connectivity index (χ0v) is 11.8. The maximum Gasteiger partial charge on any atom is 0.335 e. The van der Waals surface area contributed by atoms with Gasteiger partial charge in [-0.15, -0.1) is 11.3 Å². The molecule has 0 radical (unpaired) electrons. The Morgan fingerprint density at radius 1 is 1.47 bits per heavy atom. The summed E-state index contributed by atoms with van der Waals surface area (Å²) < 4.78 is 0. The quantitative estimate of drug-likeness (QED) is 0.879. The van der Waals surface area contributed by atoms with Crippen LogP contribution in [0.1, 0.15) is 33.4 Å². The van der Waals surface area contributed by atoms with E-state index in [1.54, 1.807) is 30.4 Å². The molecule has 0 aromatic carbocycles. The maximum absolute atomic E-state index is 11.0. The Morgan fingerprint density at radius 2 is 2.26 bits per heavy atom. The van der Waals surface area contributed by atoms with Crippen molar-refractivity contribution < 1.29 is 9.90 Å². The van der Waals surface area contributed by atoms with Crippen LogP contribution in [0, 0.1) is 6.92 Å². The number of thiophene rings is 1. The van der Waals surface area contributed by atoms with E-state index in [2.05, 4.69) is 28.7 Å². The summed E-state index contributed by atoms with van der Waals surface area (Å²) in [6, 6.07) is 5.25. The molecular weight excluding hydrogens is 260 g/mol. The minimum Gasteiger partial charge on any atom is -0.478 e. The van der Waals surface area contributed by atoms with Crippen molar-refractivity contribution in [3.8, 4) is 0 Å². The van der Waals surface area contributed by atoms with Crippen LogP contribution in [0.15, 0.2) is 23.6 Å². The number of aryl methyl sites for hydroxylation is 2. The molecule has 0 fully saturated rings. The Morgan fingerprint density at radius 3 is 2.95 bits per heavy atom. The van der Waals surface area contributed by atoms with Gasteiger partial charge < -0.3 is 10.4 Å². The minimum atomic E-state index is -0.932. The number of aromatic nitrogens is 1. The van der Waals surface area contributed by atoms with Gasteiger partial charge in [-0.1, -0.05) is 6.92 Å². The van der Waals surface area contributed by atoms with Gasteiger partial charge in [0.05, 0.1) is 12.1 Å². The number of anilines is 1. The summed E-state index contributed by atoms with van der Waals surface area (Å²) in [5.41, 5.74) is 2.28. The summed E-state index contributed by atoms with van der Waals surface area (Å²) in [7, 11) is 0. The van der Waals surface area contributed by atoms with Gasteiger partial charge in [-0.05, 0) is 42.5 Å². The second-order valence-electron chi connectivity index (χ2n) is 4.26. The molecule has 0 aliphatic carbocycles. The van der Waals surface area contributed by atoms with Crippen molar-refractivity contribution in [3.05, 3.63) is 45.3 Å². The molecule has 0 spiro atoms. The zero-order valence-electron chi connectivity index (χ0n) is 10.9. The second-order valence-corrected chi connectivity index (χ2v) is 5.26. The molecule has 0 unspecified atom stereocenters. The van der Waals surface area contributed by atoms with E-state index in [4.69, 9.17) is 5.11 Å². The molecule has 0 aliphatic heterocycles. The number of nitrogens with one attached hydrogen (secondary N) is 1. The van der Waals surface area contributed by atoms with Gasteiger partial charge in [0.25, 0.3) is 0 Å². The lowest BCUT2D eigenvalue weighted by Gasteiger charge is -2.08. The van der Waals surface area contributed by atoms with Gasteiger partial charge in [0, 0.05) is 10.6 Å². The predicted molar refractivity (Wildman–Crippen MR) is 77.0 cm³/mol. The molecule has 2 aromatic rings.